The highest BCUT2D eigenvalue weighted by Crippen LogP contribution is 1.98. The van der Waals surface area contributed by atoms with Crippen LogP contribution in [0.1, 0.15) is 12.8 Å². The number of nitrogens with one attached hydrogen (secondary N) is 2. The summed E-state index contributed by atoms with van der Waals surface area (Å²) >= 11 is 0. The van der Waals surface area contributed by atoms with Gasteiger partial charge in [0.05, 0.1) is 6.54 Å². The number of aliphatic imine (C=N–C) groups is 1. The molecule has 0 aliphatic heterocycles. The van der Waals surface area contributed by atoms with Crippen molar-refractivity contribution in [3.05, 3.63) is 0 Å². The minimum Gasteiger partial charge on any atom is -0.480 e. The molecule has 9 N–H and O–H groups in total. The Labute approximate surface area is 115 Å². The Morgan fingerprint density at radius 3 is 2.40 bits per heavy atom. The van der Waals surface area contributed by atoms with E-state index in [1.165, 1.54) is 0 Å². The summed E-state index contributed by atoms with van der Waals surface area (Å²) in [5.74, 6) is -2.35. The average molecular weight is 288 g/mol. The van der Waals surface area contributed by atoms with Crippen molar-refractivity contribution in [1.29, 1.82) is 0 Å². The van der Waals surface area contributed by atoms with Gasteiger partial charge in [0.1, 0.15) is 12.6 Å². The van der Waals surface area contributed by atoms with Crippen LogP contribution in [0, 0.1) is 0 Å². The van der Waals surface area contributed by atoms with Gasteiger partial charge in [-0.3, -0.25) is 19.4 Å². The van der Waals surface area contributed by atoms with E-state index in [2.05, 4.69) is 15.6 Å². The molecule has 0 fully saturated rings. The van der Waals surface area contributed by atoms with Crippen molar-refractivity contribution in [2.24, 2.45) is 22.2 Å². The van der Waals surface area contributed by atoms with Crippen molar-refractivity contribution in [2.75, 3.05) is 19.6 Å². The second-order valence-electron chi connectivity index (χ2n) is 3.88. The van der Waals surface area contributed by atoms with E-state index in [-0.39, 0.29) is 18.9 Å². The molecule has 1 atom stereocenters. The predicted molar refractivity (Wildman–Crippen MR) is 71.5 cm³/mol. The normalized spacial score (nSPS) is 11.2. The summed E-state index contributed by atoms with van der Waals surface area (Å²) in [6, 6.07) is -0.875. The number of aliphatic carboxylic acids is 1. The molecule has 0 aromatic heterocycles. The molecule has 0 saturated heterocycles. The van der Waals surface area contributed by atoms with E-state index in [1.807, 2.05) is 0 Å². The largest absolute Gasteiger partial charge is 0.480 e. The third-order valence-corrected chi connectivity index (χ3v) is 2.20. The average Bonchev–Trinajstić information content (AvgIpc) is 2.38. The SMILES string of the molecule is NCC(=O)NC(CCCN=C(N)N)C(=O)NCC(=O)O. The topological polar surface area (TPSA) is 186 Å². The molecule has 10 heteroatoms. The quantitative estimate of drug-likeness (QED) is 0.145. The number of rotatable bonds is 9. The van der Waals surface area contributed by atoms with Crippen molar-refractivity contribution in [3.8, 4) is 0 Å². The van der Waals surface area contributed by atoms with Crippen LogP contribution in [0.4, 0.5) is 0 Å². The number of guanidine groups is 1. The first-order valence-electron chi connectivity index (χ1n) is 5.91. The van der Waals surface area contributed by atoms with Gasteiger partial charge < -0.3 is 32.9 Å². The van der Waals surface area contributed by atoms with Crippen LogP contribution >= 0.6 is 0 Å². The molecule has 0 heterocycles. The Bertz CT molecular complexity index is 380. The molecule has 20 heavy (non-hydrogen) atoms. The Balaban J connectivity index is 4.39. The summed E-state index contributed by atoms with van der Waals surface area (Å²) < 4.78 is 0. The number of carboxylic acids is 1. The number of amides is 2. The molecule has 0 aliphatic carbocycles. The molecule has 0 aromatic rings. The van der Waals surface area contributed by atoms with E-state index in [0.29, 0.717) is 13.0 Å². The van der Waals surface area contributed by atoms with Gasteiger partial charge in [0.2, 0.25) is 11.8 Å². The van der Waals surface area contributed by atoms with Crippen LogP contribution < -0.4 is 27.8 Å². The van der Waals surface area contributed by atoms with E-state index < -0.39 is 30.4 Å². The molecule has 0 aromatic carbocycles. The Hall–Kier alpha value is -2.36. The molecular weight excluding hydrogens is 268 g/mol. The number of carboxylic acid groups (broad SMARTS) is 1. The van der Waals surface area contributed by atoms with Gasteiger partial charge in [0.15, 0.2) is 5.96 Å². The van der Waals surface area contributed by atoms with Gasteiger partial charge in [0, 0.05) is 6.54 Å². The molecule has 0 saturated carbocycles. The third kappa shape index (κ3) is 8.69. The highest BCUT2D eigenvalue weighted by molar-refractivity contribution is 5.89. The second kappa shape index (κ2) is 9.55. The van der Waals surface area contributed by atoms with Crippen LogP contribution in [-0.4, -0.2) is 54.5 Å². The highest BCUT2D eigenvalue weighted by atomic mass is 16.4. The van der Waals surface area contributed by atoms with E-state index in [9.17, 15) is 14.4 Å². The summed E-state index contributed by atoms with van der Waals surface area (Å²) in [6.45, 7) is -0.498. The van der Waals surface area contributed by atoms with E-state index in [4.69, 9.17) is 22.3 Å². The minimum absolute atomic E-state index is 0.0668. The molecular formula is C10H20N6O4. The zero-order chi connectivity index (χ0) is 15.5. The van der Waals surface area contributed by atoms with Crippen molar-refractivity contribution in [2.45, 2.75) is 18.9 Å². The number of hydrogen-bond donors (Lipinski definition) is 6. The van der Waals surface area contributed by atoms with E-state index in [0.717, 1.165) is 0 Å². The number of nitrogens with zero attached hydrogens (tertiary/aromatic N) is 1. The number of hydrogen-bond acceptors (Lipinski definition) is 5. The van der Waals surface area contributed by atoms with Gasteiger partial charge in [-0.05, 0) is 12.8 Å². The molecule has 0 aliphatic rings. The van der Waals surface area contributed by atoms with Crippen molar-refractivity contribution >= 4 is 23.7 Å². The van der Waals surface area contributed by atoms with Gasteiger partial charge in [-0.15, -0.1) is 0 Å². The summed E-state index contributed by atoms with van der Waals surface area (Å²) in [6.07, 6.45) is 0.696. The summed E-state index contributed by atoms with van der Waals surface area (Å²) in [5, 5.41) is 13.1. The maximum absolute atomic E-state index is 11.7. The Morgan fingerprint density at radius 2 is 1.90 bits per heavy atom. The third-order valence-electron chi connectivity index (χ3n) is 2.20. The van der Waals surface area contributed by atoms with Crippen LogP contribution in [0.15, 0.2) is 4.99 Å². The monoisotopic (exact) mass is 288 g/mol. The number of carbonyl (C=O) groups excluding carboxylic acids is 2. The lowest BCUT2D eigenvalue weighted by molar-refractivity contribution is -0.138. The van der Waals surface area contributed by atoms with Crippen LogP contribution in [0.2, 0.25) is 0 Å². The summed E-state index contributed by atoms with van der Waals surface area (Å²) in [7, 11) is 0. The van der Waals surface area contributed by atoms with Crippen LogP contribution in [-0.2, 0) is 14.4 Å². The van der Waals surface area contributed by atoms with Crippen molar-refractivity contribution < 1.29 is 19.5 Å². The minimum atomic E-state index is -1.18. The number of nitrogens with two attached hydrogens (primary N) is 3. The lowest BCUT2D eigenvalue weighted by Crippen LogP contribution is -2.49. The first-order chi connectivity index (χ1) is 9.36. The van der Waals surface area contributed by atoms with Crippen LogP contribution in [0.3, 0.4) is 0 Å². The second-order valence-corrected chi connectivity index (χ2v) is 3.88. The smallest absolute Gasteiger partial charge is 0.322 e. The van der Waals surface area contributed by atoms with Crippen LogP contribution in [0.5, 0.6) is 0 Å². The molecule has 0 rings (SSSR count). The molecule has 1 unspecified atom stereocenters. The number of carbonyl (C=O) groups is 3. The van der Waals surface area contributed by atoms with Gasteiger partial charge in [0.25, 0.3) is 0 Å². The Kier molecular flexibility index (Phi) is 8.43. The van der Waals surface area contributed by atoms with Gasteiger partial charge in [-0.1, -0.05) is 0 Å². The zero-order valence-electron chi connectivity index (χ0n) is 11.0. The zero-order valence-corrected chi connectivity index (χ0v) is 11.0. The lowest BCUT2D eigenvalue weighted by atomic mass is 10.1. The lowest BCUT2D eigenvalue weighted by Gasteiger charge is -2.17. The van der Waals surface area contributed by atoms with Gasteiger partial charge >= 0.3 is 5.97 Å². The molecule has 2 amide bonds. The fraction of sp³-hybridized carbons (Fsp3) is 0.600. The fourth-order valence-corrected chi connectivity index (χ4v) is 1.31. The van der Waals surface area contributed by atoms with Gasteiger partial charge in [-0.25, -0.2) is 0 Å². The maximum Gasteiger partial charge on any atom is 0.322 e. The molecule has 10 nitrogen and oxygen atoms in total. The highest BCUT2D eigenvalue weighted by Gasteiger charge is 2.20. The predicted octanol–water partition coefficient (Wildman–Crippen LogP) is -3.32. The summed E-state index contributed by atoms with van der Waals surface area (Å²) in [4.78, 5) is 37.0. The Morgan fingerprint density at radius 1 is 1.25 bits per heavy atom. The molecule has 114 valence electrons. The maximum atomic E-state index is 11.7. The standard InChI is InChI=1S/C10H20N6O4/c11-4-7(17)16-6(2-1-3-14-10(12)13)9(20)15-5-8(18)19/h6H,1-5,11H2,(H,15,20)(H,16,17)(H,18,19)(H4,12,13,14). The summed E-state index contributed by atoms with van der Waals surface area (Å²) in [5.41, 5.74) is 15.4. The first-order valence-corrected chi connectivity index (χ1v) is 5.91. The van der Waals surface area contributed by atoms with Crippen LogP contribution in [0.25, 0.3) is 0 Å². The molecule has 0 bridgehead atoms. The van der Waals surface area contributed by atoms with Crippen molar-refractivity contribution in [3.63, 3.8) is 0 Å². The first kappa shape index (κ1) is 17.6. The van der Waals surface area contributed by atoms with Crippen molar-refractivity contribution in [1.82, 2.24) is 10.6 Å². The molecule has 0 spiro atoms. The van der Waals surface area contributed by atoms with E-state index >= 15 is 0 Å². The molecule has 0 radical (unpaired) electrons. The van der Waals surface area contributed by atoms with Gasteiger partial charge in [-0.2, -0.15) is 0 Å². The fourth-order valence-electron chi connectivity index (χ4n) is 1.31. The van der Waals surface area contributed by atoms with E-state index in [1.54, 1.807) is 0 Å².